The summed E-state index contributed by atoms with van der Waals surface area (Å²) in [4.78, 5) is 19.8. The number of amides is 1. The molecule has 1 N–H and O–H groups in total. The Labute approximate surface area is 178 Å². The summed E-state index contributed by atoms with van der Waals surface area (Å²) in [6.07, 6.45) is 7.64. The van der Waals surface area contributed by atoms with E-state index in [-0.39, 0.29) is 11.4 Å². The summed E-state index contributed by atoms with van der Waals surface area (Å²) in [5.41, 5.74) is 2.29. The van der Waals surface area contributed by atoms with Crippen LogP contribution in [-0.2, 0) is 0 Å². The number of rotatable bonds is 6. The molecule has 0 aliphatic heterocycles. The van der Waals surface area contributed by atoms with E-state index in [4.69, 9.17) is 4.42 Å². The van der Waals surface area contributed by atoms with E-state index in [9.17, 15) is 4.79 Å². The van der Waals surface area contributed by atoms with Gasteiger partial charge in [-0.05, 0) is 39.1 Å². The Kier molecular flexibility index (Phi) is 6.00. The lowest BCUT2D eigenvalue weighted by molar-refractivity contribution is 0.0800. The van der Waals surface area contributed by atoms with Gasteiger partial charge in [0.1, 0.15) is 0 Å². The lowest BCUT2D eigenvalue weighted by atomic mass is 9.80. The highest BCUT2D eigenvalue weighted by atomic mass is 16.4. The Bertz CT molecular complexity index is 988. The van der Waals surface area contributed by atoms with Gasteiger partial charge in [-0.15, -0.1) is 0 Å². The Morgan fingerprint density at radius 1 is 1.03 bits per heavy atom. The van der Waals surface area contributed by atoms with Crippen molar-refractivity contribution in [2.75, 3.05) is 20.6 Å². The van der Waals surface area contributed by atoms with E-state index in [2.05, 4.69) is 29.3 Å². The van der Waals surface area contributed by atoms with Crippen molar-refractivity contribution in [1.82, 2.24) is 15.2 Å². The predicted molar refractivity (Wildman–Crippen MR) is 119 cm³/mol. The number of nitrogens with one attached hydrogen (secondary N) is 1. The number of carbonyl (C=O) groups excluding carboxylic acids is 1. The van der Waals surface area contributed by atoms with Gasteiger partial charge < -0.3 is 14.6 Å². The maximum atomic E-state index is 13.1. The van der Waals surface area contributed by atoms with Gasteiger partial charge in [0.25, 0.3) is 5.91 Å². The molecule has 0 atom stereocenters. The molecular formula is C25H29N3O2. The maximum absolute atomic E-state index is 13.1. The van der Waals surface area contributed by atoms with Gasteiger partial charge in [-0.3, -0.25) is 4.79 Å². The molecule has 5 heteroatoms. The smallest absolute Gasteiger partial charge is 0.252 e. The molecule has 4 rings (SSSR count). The van der Waals surface area contributed by atoms with Gasteiger partial charge in [0.15, 0.2) is 5.76 Å². The van der Waals surface area contributed by atoms with Crippen LogP contribution in [0.25, 0.3) is 22.8 Å². The number of hydrogen-bond acceptors (Lipinski definition) is 4. The van der Waals surface area contributed by atoms with Crippen LogP contribution in [0.5, 0.6) is 0 Å². The number of oxazole rings is 1. The average Bonchev–Trinajstić information content (AvgIpc) is 3.29. The van der Waals surface area contributed by atoms with Crippen molar-refractivity contribution < 1.29 is 9.21 Å². The fraction of sp³-hybridized carbons (Fsp3) is 0.360. The number of aromatic nitrogens is 1. The molecule has 0 radical (unpaired) electrons. The first-order chi connectivity index (χ1) is 14.6. The van der Waals surface area contributed by atoms with Gasteiger partial charge in [0.05, 0.1) is 11.8 Å². The molecule has 1 saturated carbocycles. The van der Waals surface area contributed by atoms with Crippen molar-refractivity contribution in [3.05, 3.63) is 66.4 Å². The van der Waals surface area contributed by atoms with Gasteiger partial charge in [0.2, 0.25) is 5.89 Å². The van der Waals surface area contributed by atoms with Crippen molar-refractivity contribution in [1.29, 1.82) is 0 Å². The topological polar surface area (TPSA) is 58.4 Å². The van der Waals surface area contributed by atoms with Crippen LogP contribution >= 0.6 is 0 Å². The fourth-order valence-corrected chi connectivity index (χ4v) is 4.33. The molecule has 0 saturated heterocycles. The van der Waals surface area contributed by atoms with Crippen molar-refractivity contribution in [2.45, 2.75) is 37.6 Å². The highest BCUT2D eigenvalue weighted by Crippen LogP contribution is 2.32. The standard InChI is InChI=1S/C25H29N3O2/c1-28(2)25(15-9-4-10-16-25)18-27-23(29)20-13-7-8-14-21(20)24-26-17-22(30-24)19-11-5-3-6-12-19/h3,5-8,11-14,17H,4,9-10,15-16,18H2,1-2H3,(H,27,29). The normalized spacial score (nSPS) is 15.8. The third-order valence-electron chi connectivity index (χ3n) is 6.28. The predicted octanol–water partition coefficient (Wildman–Crippen LogP) is 5.00. The zero-order valence-electron chi connectivity index (χ0n) is 17.7. The number of likely N-dealkylation sites (N-methyl/N-ethyl adjacent to an activating group) is 1. The Balaban J connectivity index is 1.55. The Hall–Kier alpha value is -2.92. The minimum Gasteiger partial charge on any atom is -0.436 e. The Morgan fingerprint density at radius 2 is 1.73 bits per heavy atom. The number of hydrogen-bond donors (Lipinski definition) is 1. The first-order valence-electron chi connectivity index (χ1n) is 10.7. The summed E-state index contributed by atoms with van der Waals surface area (Å²) < 4.78 is 6.00. The largest absolute Gasteiger partial charge is 0.436 e. The molecule has 3 aromatic rings. The highest BCUT2D eigenvalue weighted by Gasteiger charge is 2.34. The molecule has 156 valence electrons. The molecule has 1 aliphatic rings. The van der Waals surface area contributed by atoms with Crippen molar-refractivity contribution >= 4 is 5.91 Å². The summed E-state index contributed by atoms with van der Waals surface area (Å²) in [5.74, 6) is 1.06. The fourth-order valence-electron chi connectivity index (χ4n) is 4.33. The number of carbonyl (C=O) groups is 1. The van der Waals surface area contributed by atoms with Gasteiger partial charge in [-0.2, -0.15) is 0 Å². The third-order valence-corrected chi connectivity index (χ3v) is 6.28. The minimum atomic E-state index is -0.0862. The average molecular weight is 404 g/mol. The minimum absolute atomic E-state index is 0.0340. The first-order valence-corrected chi connectivity index (χ1v) is 10.7. The van der Waals surface area contributed by atoms with Gasteiger partial charge >= 0.3 is 0 Å². The molecule has 1 fully saturated rings. The van der Waals surface area contributed by atoms with E-state index in [1.807, 2.05) is 54.6 Å². The molecule has 0 spiro atoms. The molecule has 1 aromatic heterocycles. The van der Waals surface area contributed by atoms with Gasteiger partial charge in [-0.25, -0.2) is 4.98 Å². The first kappa shape index (κ1) is 20.4. The second-order valence-electron chi connectivity index (χ2n) is 8.30. The molecule has 5 nitrogen and oxygen atoms in total. The second kappa shape index (κ2) is 8.84. The van der Waals surface area contributed by atoms with E-state index in [0.717, 1.165) is 18.4 Å². The van der Waals surface area contributed by atoms with Crippen LogP contribution in [0.1, 0.15) is 42.5 Å². The second-order valence-corrected chi connectivity index (χ2v) is 8.30. The van der Waals surface area contributed by atoms with Gasteiger partial charge in [0, 0.05) is 23.2 Å². The molecule has 0 bridgehead atoms. The summed E-state index contributed by atoms with van der Waals surface area (Å²) in [6, 6.07) is 17.4. The van der Waals surface area contributed by atoms with E-state index < -0.39 is 0 Å². The monoisotopic (exact) mass is 403 g/mol. The maximum Gasteiger partial charge on any atom is 0.252 e. The number of nitrogens with zero attached hydrogens (tertiary/aromatic N) is 2. The zero-order chi connectivity index (χ0) is 21.0. The van der Waals surface area contributed by atoms with E-state index in [0.29, 0.717) is 29.3 Å². The van der Waals surface area contributed by atoms with Crippen LogP contribution in [0.15, 0.2) is 65.2 Å². The summed E-state index contributed by atoms with van der Waals surface area (Å²) in [7, 11) is 4.23. The van der Waals surface area contributed by atoms with Crippen LogP contribution in [0.4, 0.5) is 0 Å². The van der Waals surface area contributed by atoms with Crippen molar-refractivity contribution in [2.24, 2.45) is 0 Å². The van der Waals surface area contributed by atoms with Crippen LogP contribution in [0.3, 0.4) is 0 Å². The van der Waals surface area contributed by atoms with E-state index in [1.54, 1.807) is 6.20 Å². The van der Waals surface area contributed by atoms with Crippen LogP contribution in [0, 0.1) is 0 Å². The SMILES string of the molecule is CN(C)C1(CNC(=O)c2ccccc2-c2ncc(-c3ccccc3)o2)CCCCC1. The van der Waals surface area contributed by atoms with Crippen LogP contribution < -0.4 is 5.32 Å². The zero-order valence-corrected chi connectivity index (χ0v) is 17.7. The quantitative estimate of drug-likeness (QED) is 0.629. The number of benzene rings is 2. The summed E-state index contributed by atoms with van der Waals surface area (Å²) in [5, 5.41) is 3.19. The summed E-state index contributed by atoms with van der Waals surface area (Å²) >= 11 is 0. The Morgan fingerprint density at radius 3 is 2.47 bits per heavy atom. The van der Waals surface area contributed by atoms with Crippen LogP contribution in [-0.4, -0.2) is 42.0 Å². The summed E-state index contributed by atoms with van der Waals surface area (Å²) in [6.45, 7) is 0.647. The molecule has 2 aromatic carbocycles. The lowest BCUT2D eigenvalue weighted by Crippen LogP contribution is -2.53. The van der Waals surface area contributed by atoms with Crippen molar-refractivity contribution in [3.8, 4) is 22.8 Å². The van der Waals surface area contributed by atoms with E-state index >= 15 is 0 Å². The van der Waals surface area contributed by atoms with Crippen LogP contribution in [0.2, 0.25) is 0 Å². The molecule has 1 aliphatic carbocycles. The van der Waals surface area contributed by atoms with E-state index in [1.165, 1.54) is 19.3 Å². The molecule has 1 heterocycles. The third kappa shape index (κ3) is 4.17. The lowest BCUT2D eigenvalue weighted by Gasteiger charge is -2.43. The molecule has 0 unspecified atom stereocenters. The molecule has 30 heavy (non-hydrogen) atoms. The molecule has 1 amide bonds. The highest BCUT2D eigenvalue weighted by molar-refractivity contribution is 6.00. The van der Waals surface area contributed by atoms with Gasteiger partial charge in [-0.1, -0.05) is 61.7 Å². The molecular weight excluding hydrogens is 374 g/mol. The van der Waals surface area contributed by atoms with Crippen molar-refractivity contribution in [3.63, 3.8) is 0 Å².